The van der Waals surface area contributed by atoms with Gasteiger partial charge in [0.05, 0.1) is 6.04 Å². The second kappa shape index (κ2) is 5.59. The molecule has 0 aliphatic heterocycles. The van der Waals surface area contributed by atoms with E-state index >= 15 is 0 Å². The Kier molecular flexibility index (Phi) is 4.09. The maximum absolute atomic E-state index is 13.9. The number of hydrogen-bond donors (Lipinski definition) is 1. The van der Waals surface area contributed by atoms with Crippen LogP contribution in [0.2, 0.25) is 0 Å². The first-order valence-electron chi connectivity index (χ1n) is 5.66. The SMILES string of the molecule is CNC(c1ccc(C)nc1)c1cc(Br)ccc1F. The predicted molar refractivity (Wildman–Crippen MR) is 74.0 cm³/mol. The Bertz CT molecular complexity index is 540. The lowest BCUT2D eigenvalue weighted by atomic mass is 10.00. The van der Waals surface area contributed by atoms with E-state index in [0.29, 0.717) is 5.56 Å². The molecule has 4 heteroatoms. The van der Waals surface area contributed by atoms with Crippen molar-refractivity contribution < 1.29 is 4.39 Å². The van der Waals surface area contributed by atoms with Crippen LogP contribution in [0.4, 0.5) is 4.39 Å². The highest BCUT2D eigenvalue weighted by Crippen LogP contribution is 2.26. The number of rotatable bonds is 3. The molecule has 0 aliphatic carbocycles. The average molecular weight is 309 g/mol. The zero-order valence-electron chi connectivity index (χ0n) is 10.2. The molecule has 2 aromatic rings. The molecule has 0 spiro atoms. The largest absolute Gasteiger partial charge is 0.309 e. The van der Waals surface area contributed by atoms with Crippen molar-refractivity contribution in [3.8, 4) is 0 Å². The molecule has 0 saturated heterocycles. The molecule has 1 atom stereocenters. The van der Waals surface area contributed by atoms with Gasteiger partial charge in [-0.25, -0.2) is 4.39 Å². The van der Waals surface area contributed by atoms with E-state index in [1.54, 1.807) is 18.3 Å². The number of hydrogen-bond acceptors (Lipinski definition) is 2. The van der Waals surface area contributed by atoms with Crippen LogP contribution in [-0.2, 0) is 0 Å². The Morgan fingerprint density at radius 2 is 2.06 bits per heavy atom. The monoisotopic (exact) mass is 308 g/mol. The van der Waals surface area contributed by atoms with E-state index in [-0.39, 0.29) is 11.9 Å². The molecule has 0 radical (unpaired) electrons. The molecule has 1 N–H and O–H groups in total. The van der Waals surface area contributed by atoms with Gasteiger partial charge in [-0.2, -0.15) is 0 Å². The average Bonchev–Trinajstić information content (AvgIpc) is 2.37. The topological polar surface area (TPSA) is 24.9 Å². The Morgan fingerprint density at radius 1 is 1.28 bits per heavy atom. The molecule has 94 valence electrons. The van der Waals surface area contributed by atoms with Gasteiger partial charge in [0.15, 0.2) is 0 Å². The van der Waals surface area contributed by atoms with Crippen molar-refractivity contribution in [1.29, 1.82) is 0 Å². The van der Waals surface area contributed by atoms with Gasteiger partial charge in [-0.3, -0.25) is 4.98 Å². The molecule has 1 aromatic carbocycles. The van der Waals surface area contributed by atoms with Crippen LogP contribution in [0.3, 0.4) is 0 Å². The lowest BCUT2D eigenvalue weighted by molar-refractivity contribution is 0.575. The lowest BCUT2D eigenvalue weighted by Crippen LogP contribution is -2.19. The van der Waals surface area contributed by atoms with Crippen LogP contribution in [-0.4, -0.2) is 12.0 Å². The number of nitrogens with one attached hydrogen (secondary N) is 1. The van der Waals surface area contributed by atoms with E-state index in [1.165, 1.54) is 6.07 Å². The number of aromatic nitrogens is 1. The van der Waals surface area contributed by atoms with Gasteiger partial charge in [-0.1, -0.05) is 22.0 Å². The minimum absolute atomic E-state index is 0.199. The van der Waals surface area contributed by atoms with E-state index in [0.717, 1.165) is 15.7 Å². The Hall–Kier alpha value is -1.26. The first-order chi connectivity index (χ1) is 8.61. The third-order valence-corrected chi connectivity index (χ3v) is 3.32. The number of benzene rings is 1. The lowest BCUT2D eigenvalue weighted by Gasteiger charge is -2.18. The summed E-state index contributed by atoms with van der Waals surface area (Å²) < 4.78 is 14.8. The van der Waals surface area contributed by atoms with Crippen molar-refractivity contribution in [2.24, 2.45) is 0 Å². The first-order valence-corrected chi connectivity index (χ1v) is 6.46. The predicted octanol–water partition coefficient (Wildman–Crippen LogP) is 3.60. The Morgan fingerprint density at radius 3 is 2.67 bits per heavy atom. The number of pyridine rings is 1. The summed E-state index contributed by atoms with van der Waals surface area (Å²) in [5.41, 5.74) is 2.50. The highest BCUT2D eigenvalue weighted by molar-refractivity contribution is 9.10. The van der Waals surface area contributed by atoms with E-state index in [9.17, 15) is 4.39 Å². The molecule has 2 rings (SSSR count). The van der Waals surface area contributed by atoms with Gasteiger partial charge in [0.25, 0.3) is 0 Å². The van der Waals surface area contributed by atoms with Gasteiger partial charge in [0, 0.05) is 21.9 Å². The summed E-state index contributed by atoms with van der Waals surface area (Å²) in [4.78, 5) is 4.25. The molecule has 1 aromatic heterocycles. The molecular weight excluding hydrogens is 295 g/mol. The molecule has 0 fully saturated rings. The molecule has 0 saturated carbocycles. The zero-order valence-corrected chi connectivity index (χ0v) is 11.8. The van der Waals surface area contributed by atoms with Crippen molar-refractivity contribution in [1.82, 2.24) is 10.3 Å². The van der Waals surface area contributed by atoms with Crippen LogP contribution < -0.4 is 5.32 Å². The van der Waals surface area contributed by atoms with Crippen molar-refractivity contribution in [2.75, 3.05) is 7.05 Å². The smallest absolute Gasteiger partial charge is 0.128 e. The Balaban J connectivity index is 2.44. The van der Waals surface area contributed by atoms with Crippen LogP contribution in [0.15, 0.2) is 41.0 Å². The molecule has 0 bridgehead atoms. The fourth-order valence-electron chi connectivity index (χ4n) is 1.89. The highest BCUT2D eigenvalue weighted by Gasteiger charge is 2.16. The van der Waals surface area contributed by atoms with Gasteiger partial charge < -0.3 is 5.32 Å². The molecule has 2 nitrogen and oxygen atoms in total. The van der Waals surface area contributed by atoms with Gasteiger partial charge >= 0.3 is 0 Å². The molecular formula is C14H14BrFN2. The first kappa shape index (κ1) is 13.2. The van der Waals surface area contributed by atoms with Crippen molar-refractivity contribution >= 4 is 15.9 Å². The van der Waals surface area contributed by atoms with Crippen LogP contribution in [0.1, 0.15) is 22.9 Å². The molecule has 18 heavy (non-hydrogen) atoms. The summed E-state index contributed by atoms with van der Waals surface area (Å²) in [5, 5.41) is 3.12. The number of nitrogens with zero attached hydrogens (tertiary/aromatic N) is 1. The van der Waals surface area contributed by atoms with E-state index in [1.807, 2.05) is 26.1 Å². The maximum Gasteiger partial charge on any atom is 0.128 e. The van der Waals surface area contributed by atoms with Crippen LogP contribution >= 0.6 is 15.9 Å². The minimum atomic E-state index is -0.224. The second-order valence-corrected chi connectivity index (χ2v) is 5.04. The van der Waals surface area contributed by atoms with Crippen molar-refractivity contribution in [3.05, 3.63) is 63.6 Å². The summed E-state index contributed by atoms with van der Waals surface area (Å²) in [5.74, 6) is -0.224. The number of aryl methyl sites for hydroxylation is 1. The van der Waals surface area contributed by atoms with Crippen LogP contribution in [0.25, 0.3) is 0 Å². The summed E-state index contributed by atoms with van der Waals surface area (Å²) in [6.45, 7) is 1.93. The normalized spacial score (nSPS) is 12.4. The van der Waals surface area contributed by atoms with E-state index in [4.69, 9.17) is 0 Å². The maximum atomic E-state index is 13.9. The summed E-state index contributed by atoms with van der Waals surface area (Å²) in [6.07, 6.45) is 1.77. The third kappa shape index (κ3) is 2.76. The third-order valence-electron chi connectivity index (χ3n) is 2.83. The van der Waals surface area contributed by atoms with Crippen LogP contribution in [0, 0.1) is 12.7 Å². The molecule has 1 unspecified atom stereocenters. The van der Waals surface area contributed by atoms with E-state index in [2.05, 4.69) is 26.2 Å². The van der Waals surface area contributed by atoms with Crippen molar-refractivity contribution in [2.45, 2.75) is 13.0 Å². The second-order valence-electron chi connectivity index (χ2n) is 4.12. The zero-order chi connectivity index (χ0) is 13.1. The quantitative estimate of drug-likeness (QED) is 0.937. The molecule has 0 amide bonds. The van der Waals surface area contributed by atoms with Crippen LogP contribution in [0.5, 0.6) is 0 Å². The standard InChI is InChI=1S/C14H14BrFN2/c1-9-3-4-10(8-18-9)14(17-2)12-7-11(15)5-6-13(12)16/h3-8,14,17H,1-2H3. The van der Waals surface area contributed by atoms with Gasteiger partial charge in [0.2, 0.25) is 0 Å². The minimum Gasteiger partial charge on any atom is -0.309 e. The summed E-state index contributed by atoms with van der Waals surface area (Å²) >= 11 is 3.37. The Labute approximate surface area is 114 Å². The fourth-order valence-corrected chi connectivity index (χ4v) is 2.27. The van der Waals surface area contributed by atoms with Gasteiger partial charge in [0.1, 0.15) is 5.82 Å². The molecule has 1 heterocycles. The van der Waals surface area contributed by atoms with E-state index < -0.39 is 0 Å². The van der Waals surface area contributed by atoms with Gasteiger partial charge in [-0.15, -0.1) is 0 Å². The summed E-state index contributed by atoms with van der Waals surface area (Å²) in [6, 6.07) is 8.63. The van der Waals surface area contributed by atoms with Gasteiger partial charge in [-0.05, 0) is 43.8 Å². The summed E-state index contributed by atoms with van der Waals surface area (Å²) in [7, 11) is 1.81. The number of halogens is 2. The fraction of sp³-hybridized carbons (Fsp3) is 0.214. The molecule has 0 aliphatic rings. The van der Waals surface area contributed by atoms with Crippen molar-refractivity contribution in [3.63, 3.8) is 0 Å². The highest BCUT2D eigenvalue weighted by atomic mass is 79.9.